The van der Waals surface area contributed by atoms with Crippen molar-refractivity contribution in [3.05, 3.63) is 34.0 Å². The SMILES string of the molecule is CC(=O)N(C)Cc1cc2c(=O)n(CC(=O)O)nc(C(C)C)n2c1. The normalized spacial score (nSPS) is 11.2. The molecule has 0 radical (unpaired) electrons. The van der Waals surface area contributed by atoms with Gasteiger partial charge in [-0.1, -0.05) is 13.8 Å². The smallest absolute Gasteiger partial charge is 0.325 e. The van der Waals surface area contributed by atoms with Gasteiger partial charge in [-0.3, -0.25) is 18.8 Å². The predicted octanol–water partition coefficient (Wildman–Crippen LogP) is 0.682. The molecule has 1 amide bonds. The van der Waals surface area contributed by atoms with Crippen LogP contribution in [0.1, 0.15) is 38.1 Å². The maximum absolute atomic E-state index is 12.4. The van der Waals surface area contributed by atoms with E-state index < -0.39 is 18.1 Å². The van der Waals surface area contributed by atoms with Crippen molar-refractivity contribution in [2.24, 2.45) is 0 Å². The van der Waals surface area contributed by atoms with E-state index in [1.54, 1.807) is 23.7 Å². The van der Waals surface area contributed by atoms with Crippen molar-refractivity contribution in [2.45, 2.75) is 39.8 Å². The van der Waals surface area contributed by atoms with Gasteiger partial charge in [0.25, 0.3) is 5.56 Å². The molecule has 8 heteroatoms. The minimum Gasteiger partial charge on any atom is -0.480 e. The van der Waals surface area contributed by atoms with E-state index in [2.05, 4.69) is 5.10 Å². The van der Waals surface area contributed by atoms with Crippen LogP contribution in [0, 0.1) is 0 Å². The van der Waals surface area contributed by atoms with Gasteiger partial charge in [0.05, 0.1) is 0 Å². The lowest BCUT2D eigenvalue weighted by Crippen LogP contribution is -2.30. The van der Waals surface area contributed by atoms with E-state index in [4.69, 9.17) is 5.11 Å². The van der Waals surface area contributed by atoms with Crippen LogP contribution in [0.5, 0.6) is 0 Å². The number of hydrogen-bond acceptors (Lipinski definition) is 4. The molecule has 0 aliphatic rings. The van der Waals surface area contributed by atoms with E-state index in [1.807, 2.05) is 13.8 Å². The molecule has 0 aromatic carbocycles. The number of fused-ring (bicyclic) bond motifs is 1. The lowest BCUT2D eigenvalue weighted by atomic mass is 10.2. The Morgan fingerprint density at radius 3 is 2.57 bits per heavy atom. The molecule has 0 spiro atoms. The first-order valence-electron chi connectivity index (χ1n) is 7.26. The Hall–Kier alpha value is -2.64. The first kappa shape index (κ1) is 16.7. The van der Waals surface area contributed by atoms with Crippen molar-refractivity contribution in [3.63, 3.8) is 0 Å². The zero-order valence-electron chi connectivity index (χ0n) is 13.6. The van der Waals surface area contributed by atoms with Gasteiger partial charge in [-0.25, -0.2) is 4.68 Å². The Kier molecular flexibility index (Phi) is 4.53. The molecule has 0 saturated heterocycles. The van der Waals surface area contributed by atoms with E-state index in [0.717, 1.165) is 10.2 Å². The standard InChI is InChI=1S/C15H20N4O4/c1-9(2)14-16-19(8-13(21)22)15(23)12-5-11(7-18(12)14)6-17(4)10(3)20/h5,7,9H,6,8H2,1-4H3,(H,21,22). The molecule has 2 aromatic rings. The number of nitrogens with zero attached hydrogens (tertiary/aromatic N) is 4. The fraction of sp³-hybridized carbons (Fsp3) is 0.467. The number of hydrogen-bond donors (Lipinski definition) is 1. The van der Waals surface area contributed by atoms with Crippen LogP contribution in [0.25, 0.3) is 5.52 Å². The number of carbonyl (C=O) groups is 2. The van der Waals surface area contributed by atoms with E-state index >= 15 is 0 Å². The van der Waals surface area contributed by atoms with Gasteiger partial charge in [0.2, 0.25) is 5.91 Å². The van der Waals surface area contributed by atoms with Gasteiger partial charge in [0, 0.05) is 32.6 Å². The van der Waals surface area contributed by atoms with Crippen molar-refractivity contribution in [1.82, 2.24) is 19.1 Å². The summed E-state index contributed by atoms with van der Waals surface area (Å²) in [5.41, 5.74) is 0.682. The average Bonchev–Trinajstić information content (AvgIpc) is 2.84. The van der Waals surface area contributed by atoms with Gasteiger partial charge in [0.1, 0.15) is 17.9 Å². The second kappa shape index (κ2) is 6.23. The van der Waals surface area contributed by atoms with Crippen LogP contribution in [-0.2, 0) is 22.7 Å². The molecule has 0 unspecified atom stereocenters. The molecule has 1 N–H and O–H groups in total. The molecule has 0 fully saturated rings. The summed E-state index contributed by atoms with van der Waals surface area (Å²) >= 11 is 0. The molecule has 2 rings (SSSR count). The third-order valence-electron chi connectivity index (χ3n) is 3.56. The molecule has 0 atom stereocenters. The number of amides is 1. The van der Waals surface area contributed by atoms with Crippen LogP contribution in [0.2, 0.25) is 0 Å². The fourth-order valence-corrected chi connectivity index (χ4v) is 2.32. The summed E-state index contributed by atoms with van der Waals surface area (Å²) < 4.78 is 2.64. The average molecular weight is 320 g/mol. The van der Waals surface area contributed by atoms with Crippen LogP contribution in [-0.4, -0.2) is 43.1 Å². The molecule has 2 heterocycles. The van der Waals surface area contributed by atoms with Crippen LogP contribution >= 0.6 is 0 Å². The lowest BCUT2D eigenvalue weighted by molar-refractivity contribution is -0.138. The van der Waals surface area contributed by atoms with E-state index in [9.17, 15) is 14.4 Å². The van der Waals surface area contributed by atoms with Crippen LogP contribution in [0.3, 0.4) is 0 Å². The third kappa shape index (κ3) is 3.41. The van der Waals surface area contributed by atoms with Gasteiger partial charge < -0.3 is 10.0 Å². The molecule has 2 aromatic heterocycles. The Balaban J connectivity index is 2.60. The van der Waals surface area contributed by atoms with E-state index in [-0.39, 0.29) is 11.8 Å². The Bertz CT molecular complexity index is 819. The Morgan fingerprint density at radius 1 is 1.39 bits per heavy atom. The minimum absolute atomic E-state index is 0.00364. The molecule has 23 heavy (non-hydrogen) atoms. The summed E-state index contributed by atoms with van der Waals surface area (Å²) in [6.45, 7) is 5.18. The first-order chi connectivity index (χ1) is 10.7. The zero-order valence-corrected chi connectivity index (χ0v) is 13.6. The van der Waals surface area contributed by atoms with Crippen molar-refractivity contribution in [2.75, 3.05) is 7.05 Å². The van der Waals surface area contributed by atoms with Crippen molar-refractivity contribution < 1.29 is 14.7 Å². The van der Waals surface area contributed by atoms with Crippen LogP contribution in [0.4, 0.5) is 0 Å². The minimum atomic E-state index is -1.12. The molecule has 0 bridgehead atoms. The molecular weight excluding hydrogens is 300 g/mol. The summed E-state index contributed by atoms with van der Waals surface area (Å²) in [7, 11) is 1.68. The quantitative estimate of drug-likeness (QED) is 0.874. The maximum atomic E-state index is 12.4. The highest BCUT2D eigenvalue weighted by Crippen LogP contribution is 2.16. The number of aromatic nitrogens is 3. The largest absolute Gasteiger partial charge is 0.480 e. The summed E-state index contributed by atoms with van der Waals surface area (Å²) in [5.74, 6) is -0.603. The first-order valence-corrected chi connectivity index (χ1v) is 7.26. The number of rotatable bonds is 5. The van der Waals surface area contributed by atoms with Gasteiger partial charge in [-0.15, -0.1) is 0 Å². The molecule has 0 aliphatic heterocycles. The Morgan fingerprint density at radius 2 is 2.04 bits per heavy atom. The highest BCUT2D eigenvalue weighted by Gasteiger charge is 2.17. The van der Waals surface area contributed by atoms with E-state index in [0.29, 0.717) is 17.9 Å². The van der Waals surface area contributed by atoms with Crippen molar-refractivity contribution >= 4 is 17.4 Å². The second-order valence-corrected chi connectivity index (χ2v) is 5.85. The van der Waals surface area contributed by atoms with Gasteiger partial charge in [-0.2, -0.15) is 5.10 Å². The summed E-state index contributed by atoms with van der Waals surface area (Å²) in [4.78, 5) is 36.2. The summed E-state index contributed by atoms with van der Waals surface area (Å²) in [6.07, 6.45) is 1.77. The van der Waals surface area contributed by atoms with Gasteiger partial charge in [0.15, 0.2) is 0 Å². The van der Waals surface area contributed by atoms with E-state index in [1.165, 1.54) is 11.8 Å². The Labute approximate surface area is 132 Å². The van der Waals surface area contributed by atoms with Crippen molar-refractivity contribution in [3.8, 4) is 0 Å². The molecule has 8 nitrogen and oxygen atoms in total. The topological polar surface area (TPSA) is 96.9 Å². The molecule has 124 valence electrons. The lowest BCUT2D eigenvalue weighted by Gasteiger charge is -2.13. The third-order valence-corrected chi connectivity index (χ3v) is 3.56. The summed E-state index contributed by atoms with van der Waals surface area (Å²) in [6, 6.07) is 1.67. The van der Waals surface area contributed by atoms with Crippen molar-refractivity contribution in [1.29, 1.82) is 0 Å². The molecule has 0 aliphatic carbocycles. The zero-order chi connectivity index (χ0) is 17.3. The predicted molar refractivity (Wildman–Crippen MR) is 83.3 cm³/mol. The number of carbonyl (C=O) groups excluding carboxylic acids is 1. The van der Waals surface area contributed by atoms with Gasteiger partial charge in [-0.05, 0) is 11.6 Å². The van der Waals surface area contributed by atoms with Crippen LogP contribution in [0.15, 0.2) is 17.1 Å². The number of carboxylic acid groups (broad SMARTS) is 1. The molecular formula is C15H20N4O4. The van der Waals surface area contributed by atoms with Crippen LogP contribution < -0.4 is 5.56 Å². The fourth-order valence-electron chi connectivity index (χ4n) is 2.32. The second-order valence-electron chi connectivity index (χ2n) is 5.85. The highest BCUT2D eigenvalue weighted by atomic mass is 16.4. The van der Waals surface area contributed by atoms with Gasteiger partial charge >= 0.3 is 5.97 Å². The highest BCUT2D eigenvalue weighted by molar-refractivity contribution is 5.73. The monoisotopic (exact) mass is 320 g/mol. The number of carboxylic acids is 1. The molecule has 0 saturated carbocycles. The maximum Gasteiger partial charge on any atom is 0.325 e. The number of aliphatic carboxylic acids is 1. The summed E-state index contributed by atoms with van der Waals surface area (Å²) in [5, 5.41) is 13.1.